The predicted molar refractivity (Wildman–Crippen MR) is 122 cm³/mol. The number of piperidine rings is 2. The van der Waals surface area contributed by atoms with Crippen LogP contribution in [-0.4, -0.2) is 69.6 Å². The van der Waals surface area contributed by atoms with Crippen molar-refractivity contribution in [3.63, 3.8) is 0 Å². The van der Waals surface area contributed by atoms with Crippen LogP contribution in [0.5, 0.6) is 0 Å². The molecule has 7 fully saturated rings. The van der Waals surface area contributed by atoms with Gasteiger partial charge in [-0.3, -0.25) is 19.2 Å². The van der Waals surface area contributed by atoms with Gasteiger partial charge in [-0.1, -0.05) is 20.3 Å². The number of fused-ring (bicyclic) bond motifs is 1. The summed E-state index contributed by atoms with van der Waals surface area (Å²) in [5, 5.41) is 29.1. The molecule has 2 heterocycles. The Morgan fingerprint density at radius 3 is 2.40 bits per heavy atom. The maximum Gasteiger partial charge on any atom is 0.253 e. The van der Waals surface area contributed by atoms with Crippen LogP contribution < -0.4 is 21.7 Å². The average molecular weight is 489 g/mol. The molecule has 0 aromatic carbocycles. The molecule has 0 radical (unpaired) electrons. The molecular formula is C25H36N4O6. The van der Waals surface area contributed by atoms with Gasteiger partial charge in [-0.05, 0) is 54.8 Å². The van der Waals surface area contributed by atoms with E-state index in [0.717, 1.165) is 6.42 Å². The van der Waals surface area contributed by atoms with Crippen LogP contribution in [0.3, 0.4) is 0 Å². The Labute approximate surface area is 204 Å². The number of carbonyl (C=O) groups is 4. The molecule has 14 atom stereocenters. The Morgan fingerprint density at radius 1 is 1.09 bits per heavy atom. The third-order valence-corrected chi connectivity index (χ3v) is 11.1. The fourth-order valence-electron chi connectivity index (χ4n) is 9.76. The Kier molecular flexibility index (Phi) is 4.85. The SMILES string of the molecule is CCC(C)C(NC(=O)C(N)CO)C(=O)NC(C)C(=O)CC12NC(=O)C3(O)C4C5CC(C6C5C3C61)C42. The predicted octanol–water partition coefficient (Wildman–Crippen LogP) is -1.71. The van der Waals surface area contributed by atoms with Crippen molar-refractivity contribution >= 4 is 23.5 Å². The lowest BCUT2D eigenvalue weighted by Gasteiger charge is -2.63. The first kappa shape index (κ1) is 23.4. The Hall–Kier alpha value is -2.04. The summed E-state index contributed by atoms with van der Waals surface area (Å²) in [4.78, 5) is 51.8. The van der Waals surface area contributed by atoms with Crippen LogP contribution in [0.2, 0.25) is 0 Å². The molecule has 0 aromatic rings. The van der Waals surface area contributed by atoms with Crippen molar-refractivity contribution in [1.29, 1.82) is 0 Å². The van der Waals surface area contributed by atoms with Gasteiger partial charge in [0.1, 0.15) is 17.7 Å². The van der Waals surface area contributed by atoms with Crippen molar-refractivity contribution in [1.82, 2.24) is 16.0 Å². The van der Waals surface area contributed by atoms with Crippen molar-refractivity contribution in [2.24, 2.45) is 59.0 Å². The highest BCUT2D eigenvalue weighted by Crippen LogP contribution is 2.89. The number of carbonyl (C=O) groups excluding carboxylic acids is 4. The van der Waals surface area contributed by atoms with Crippen LogP contribution in [0.15, 0.2) is 0 Å². The van der Waals surface area contributed by atoms with E-state index in [2.05, 4.69) is 16.0 Å². The van der Waals surface area contributed by atoms with Crippen molar-refractivity contribution in [2.75, 3.05) is 6.61 Å². The molecule has 192 valence electrons. The maximum atomic E-state index is 13.5. The van der Waals surface area contributed by atoms with Crippen molar-refractivity contribution in [3.05, 3.63) is 0 Å². The number of hydrogen-bond acceptors (Lipinski definition) is 7. The highest BCUT2D eigenvalue weighted by Gasteiger charge is 2.94. The van der Waals surface area contributed by atoms with Crippen LogP contribution in [0, 0.1) is 53.3 Å². The summed E-state index contributed by atoms with van der Waals surface area (Å²) in [6.45, 7) is 4.82. The van der Waals surface area contributed by atoms with Gasteiger partial charge >= 0.3 is 0 Å². The first-order chi connectivity index (χ1) is 16.5. The molecule has 10 heteroatoms. The van der Waals surface area contributed by atoms with Gasteiger partial charge in [0.25, 0.3) is 5.91 Å². The van der Waals surface area contributed by atoms with Crippen molar-refractivity contribution in [2.45, 2.75) is 69.3 Å². The third-order valence-electron chi connectivity index (χ3n) is 11.1. The number of aliphatic hydroxyl groups excluding tert-OH is 1. The summed E-state index contributed by atoms with van der Waals surface area (Å²) in [6, 6.07) is -2.82. The van der Waals surface area contributed by atoms with E-state index < -0.39 is 47.7 Å². The van der Waals surface area contributed by atoms with Gasteiger partial charge in [0.15, 0.2) is 5.78 Å². The van der Waals surface area contributed by atoms with E-state index in [9.17, 15) is 24.3 Å². The molecule has 35 heavy (non-hydrogen) atoms. The zero-order valence-corrected chi connectivity index (χ0v) is 20.4. The second kappa shape index (κ2) is 7.26. The van der Waals surface area contributed by atoms with E-state index in [4.69, 9.17) is 10.8 Å². The molecule has 5 aliphatic carbocycles. The molecule has 7 aliphatic rings. The first-order valence-electron chi connectivity index (χ1n) is 13.1. The van der Waals surface area contributed by atoms with Gasteiger partial charge in [-0.15, -0.1) is 0 Å². The van der Waals surface area contributed by atoms with E-state index in [1.54, 1.807) is 6.92 Å². The van der Waals surface area contributed by atoms with Gasteiger partial charge in [-0.25, -0.2) is 0 Å². The summed E-state index contributed by atoms with van der Waals surface area (Å²) in [5.41, 5.74) is 3.73. The van der Waals surface area contributed by atoms with Gasteiger partial charge < -0.3 is 31.9 Å². The molecule has 14 unspecified atom stereocenters. The molecule has 10 nitrogen and oxygen atoms in total. The highest BCUT2D eigenvalue weighted by molar-refractivity contribution is 5.96. The molecule has 2 aliphatic heterocycles. The van der Waals surface area contributed by atoms with Crippen LogP contribution in [-0.2, 0) is 19.2 Å². The van der Waals surface area contributed by atoms with E-state index in [1.807, 2.05) is 13.8 Å². The number of nitrogens with two attached hydrogens (primary N) is 1. The van der Waals surface area contributed by atoms with E-state index in [0.29, 0.717) is 30.1 Å². The summed E-state index contributed by atoms with van der Waals surface area (Å²) >= 11 is 0. The number of Topliss-reactive ketones (excluding diaryl/α,β-unsaturated/α-hetero) is 1. The summed E-state index contributed by atoms with van der Waals surface area (Å²) in [6.07, 6.45) is 1.83. The number of ketones is 1. The molecule has 3 amide bonds. The molecular weight excluding hydrogens is 452 g/mol. The lowest BCUT2D eigenvalue weighted by atomic mass is 9.47. The summed E-state index contributed by atoms with van der Waals surface area (Å²) in [7, 11) is 0. The smallest absolute Gasteiger partial charge is 0.253 e. The average Bonchev–Trinajstić information content (AvgIpc) is 3.36. The number of amides is 3. The lowest BCUT2D eigenvalue weighted by molar-refractivity contribution is -0.209. The van der Waals surface area contributed by atoms with Gasteiger partial charge in [-0.2, -0.15) is 0 Å². The molecule has 5 saturated carbocycles. The van der Waals surface area contributed by atoms with Crippen LogP contribution in [0.1, 0.15) is 40.0 Å². The number of aliphatic hydroxyl groups is 2. The Bertz CT molecular complexity index is 1020. The first-order valence-corrected chi connectivity index (χ1v) is 13.1. The third kappa shape index (κ3) is 2.56. The fraction of sp³-hybridized carbons (Fsp3) is 0.840. The summed E-state index contributed by atoms with van der Waals surface area (Å²) in [5.74, 6) is 0.264. The second-order valence-electron chi connectivity index (χ2n) is 12.2. The molecule has 0 spiro atoms. The van der Waals surface area contributed by atoms with E-state index >= 15 is 0 Å². The number of rotatable bonds is 10. The minimum atomic E-state index is -1.26. The fourth-order valence-corrected chi connectivity index (χ4v) is 9.76. The minimum Gasteiger partial charge on any atom is -0.394 e. The lowest BCUT2D eigenvalue weighted by Crippen LogP contribution is -2.80. The zero-order valence-electron chi connectivity index (χ0n) is 20.4. The normalized spacial score (nSPS) is 47.8. The Balaban J connectivity index is 1.17. The maximum absolute atomic E-state index is 13.5. The molecule has 7 rings (SSSR count). The molecule has 0 aromatic heterocycles. The second-order valence-corrected chi connectivity index (χ2v) is 12.2. The molecule has 7 N–H and O–H groups in total. The number of hydrogen-bond donors (Lipinski definition) is 6. The standard InChI is InChI=1S/C25H36N4O6/c1-4-8(2)20(28-21(32)12(26)7-30)22(33)27-9(3)13(31)6-24-16-10-5-11-15-14(10)18(24)19(15)25(35,17(11)16)23(34)29-24/h8-12,14-20,30,35H,4-7,26H2,1-3H3,(H,27,33)(H,28,32)(H,29,34). The Morgan fingerprint density at radius 2 is 1.74 bits per heavy atom. The van der Waals surface area contributed by atoms with Crippen molar-refractivity contribution < 1.29 is 29.4 Å². The van der Waals surface area contributed by atoms with E-state index in [1.165, 1.54) is 0 Å². The minimum absolute atomic E-state index is 0.0292. The topological polar surface area (TPSA) is 171 Å². The van der Waals surface area contributed by atoms with Gasteiger partial charge in [0.2, 0.25) is 11.8 Å². The largest absolute Gasteiger partial charge is 0.394 e. The number of nitrogens with one attached hydrogen (secondary N) is 3. The summed E-state index contributed by atoms with van der Waals surface area (Å²) < 4.78 is 0. The van der Waals surface area contributed by atoms with Crippen LogP contribution in [0.4, 0.5) is 0 Å². The van der Waals surface area contributed by atoms with Gasteiger partial charge in [0, 0.05) is 18.3 Å². The van der Waals surface area contributed by atoms with Crippen molar-refractivity contribution in [3.8, 4) is 0 Å². The van der Waals surface area contributed by atoms with Crippen LogP contribution in [0.25, 0.3) is 0 Å². The van der Waals surface area contributed by atoms with E-state index in [-0.39, 0.29) is 47.7 Å². The molecule has 4 bridgehead atoms. The van der Waals surface area contributed by atoms with Gasteiger partial charge in [0.05, 0.1) is 18.2 Å². The molecule has 2 saturated heterocycles. The highest BCUT2D eigenvalue weighted by atomic mass is 16.3. The monoisotopic (exact) mass is 488 g/mol. The zero-order chi connectivity index (χ0) is 25.2. The quantitative estimate of drug-likeness (QED) is 0.212. The van der Waals surface area contributed by atoms with Crippen LogP contribution >= 0.6 is 0 Å².